The molecular weight excluding hydrogens is 288 g/mol. The normalized spacial score (nSPS) is 46.6. The van der Waals surface area contributed by atoms with Crippen LogP contribution in [0.5, 0.6) is 0 Å². The Bertz CT molecular complexity index is 524. The van der Waals surface area contributed by atoms with Crippen LogP contribution < -0.4 is 0 Å². The summed E-state index contributed by atoms with van der Waals surface area (Å²) in [5.41, 5.74) is 4.72. The Balaban J connectivity index is 0.000000815. The Morgan fingerprint density at radius 2 is 1.67 bits per heavy atom. The summed E-state index contributed by atoms with van der Waals surface area (Å²) < 4.78 is 0. The highest BCUT2D eigenvalue weighted by Gasteiger charge is 2.56. The molecule has 2 saturated carbocycles. The Kier molecular flexibility index (Phi) is 5.07. The maximum atomic E-state index is 2.70. The molecule has 24 heavy (non-hydrogen) atoms. The van der Waals surface area contributed by atoms with Gasteiger partial charge in [0.05, 0.1) is 0 Å². The molecule has 0 amide bonds. The van der Waals surface area contributed by atoms with Gasteiger partial charge in [0.15, 0.2) is 0 Å². The van der Waals surface area contributed by atoms with Crippen LogP contribution in [0.25, 0.3) is 0 Å². The van der Waals surface area contributed by atoms with Gasteiger partial charge in [0, 0.05) is 0 Å². The predicted octanol–water partition coefficient (Wildman–Crippen LogP) is 7.56. The molecule has 0 aromatic carbocycles. The summed E-state index contributed by atoms with van der Waals surface area (Å²) >= 11 is 0. The molecule has 0 aliphatic heterocycles. The molecule has 0 nitrogen and oxygen atoms in total. The monoisotopic (exact) mass is 328 g/mol. The van der Waals surface area contributed by atoms with Gasteiger partial charge in [-0.25, -0.2) is 0 Å². The van der Waals surface area contributed by atoms with Crippen molar-refractivity contribution in [2.45, 2.75) is 92.9 Å². The zero-order chi connectivity index (χ0) is 17.5. The van der Waals surface area contributed by atoms with E-state index in [1.165, 1.54) is 51.4 Å². The number of rotatable bonds is 1. The van der Waals surface area contributed by atoms with Crippen LogP contribution in [0.2, 0.25) is 0 Å². The molecule has 4 aliphatic carbocycles. The highest BCUT2D eigenvalue weighted by molar-refractivity contribution is 5.29. The summed E-state index contributed by atoms with van der Waals surface area (Å²) in [7, 11) is 0. The van der Waals surface area contributed by atoms with E-state index in [0.29, 0.717) is 10.8 Å². The number of hydrogen-bond donors (Lipinski definition) is 0. The van der Waals surface area contributed by atoms with E-state index in [4.69, 9.17) is 0 Å². The Morgan fingerprint density at radius 3 is 2.38 bits per heavy atom. The lowest BCUT2D eigenvalue weighted by Gasteiger charge is -2.58. The van der Waals surface area contributed by atoms with Crippen LogP contribution in [0.1, 0.15) is 92.9 Å². The fraction of sp³-hybridized carbons (Fsp3) is 0.833. The largest absolute Gasteiger partial charge is 0.0845 e. The summed E-state index contributed by atoms with van der Waals surface area (Å²) in [4.78, 5) is 0. The van der Waals surface area contributed by atoms with Crippen molar-refractivity contribution in [3.05, 3.63) is 23.3 Å². The third-order valence-electron chi connectivity index (χ3n) is 8.47. The molecule has 136 valence electrons. The van der Waals surface area contributed by atoms with Crippen molar-refractivity contribution < 1.29 is 0 Å². The molecule has 6 atom stereocenters. The van der Waals surface area contributed by atoms with E-state index in [0.717, 1.165) is 23.7 Å². The number of fused-ring (bicyclic) bond motifs is 5. The van der Waals surface area contributed by atoms with Crippen molar-refractivity contribution in [1.82, 2.24) is 0 Å². The molecule has 3 unspecified atom stereocenters. The first-order valence-electron chi connectivity index (χ1n) is 10.9. The van der Waals surface area contributed by atoms with Crippen LogP contribution >= 0.6 is 0 Å². The van der Waals surface area contributed by atoms with Gasteiger partial charge in [0.1, 0.15) is 0 Å². The summed E-state index contributed by atoms with van der Waals surface area (Å²) in [6, 6.07) is 0. The second-order valence-corrected chi connectivity index (χ2v) is 9.38. The molecule has 4 aliphatic rings. The van der Waals surface area contributed by atoms with Gasteiger partial charge in [-0.05, 0) is 85.9 Å². The Morgan fingerprint density at radius 1 is 0.958 bits per heavy atom. The average Bonchev–Trinajstić information content (AvgIpc) is 2.93. The maximum Gasteiger partial charge on any atom is -0.00823 e. The molecular formula is C24H40. The van der Waals surface area contributed by atoms with Crippen molar-refractivity contribution >= 4 is 0 Å². The van der Waals surface area contributed by atoms with Crippen molar-refractivity contribution in [3.8, 4) is 0 Å². The van der Waals surface area contributed by atoms with Crippen molar-refractivity contribution in [2.24, 2.45) is 34.5 Å². The van der Waals surface area contributed by atoms with E-state index >= 15 is 0 Å². The topological polar surface area (TPSA) is 0 Å². The van der Waals surface area contributed by atoms with Gasteiger partial charge in [-0.2, -0.15) is 0 Å². The van der Waals surface area contributed by atoms with Crippen LogP contribution in [0.4, 0.5) is 0 Å². The molecule has 0 heterocycles. The molecule has 2 fully saturated rings. The fourth-order valence-corrected chi connectivity index (χ4v) is 7.05. The van der Waals surface area contributed by atoms with E-state index in [1.807, 2.05) is 19.4 Å². The van der Waals surface area contributed by atoms with E-state index in [2.05, 4.69) is 39.8 Å². The highest BCUT2D eigenvalue weighted by atomic mass is 14.6. The molecule has 0 aromatic heterocycles. The minimum Gasteiger partial charge on any atom is -0.0845 e. The first-order valence-corrected chi connectivity index (χ1v) is 10.9. The van der Waals surface area contributed by atoms with Crippen LogP contribution in [0, 0.1) is 34.5 Å². The fourth-order valence-electron chi connectivity index (χ4n) is 7.05. The quantitative estimate of drug-likeness (QED) is 0.436. The lowest BCUT2D eigenvalue weighted by molar-refractivity contribution is -0.0210. The van der Waals surface area contributed by atoms with Crippen LogP contribution in [-0.2, 0) is 0 Å². The standard InChI is InChI=1S/C22H34.C2H6/c1-5-16-7-9-19-18-8-6-17-14-15(2)10-12-22(17,4)20(18)11-13-21(16,19)3;1-2/h6-7,15,18-20H,5,8-14H2,1-4H3;1-2H3/t15?,18-,19+,20+,21?,22?;/m1./s1. The molecule has 0 N–H and O–H groups in total. The second-order valence-electron chi connectivity index (χ2n) is 9.38. The SMILES string of the molecule is CC.CCC1=CC[C@H]2[C@H]3CC=C4CC(C)CCC4(C)[C@H]3CCC12C. The van der Waals surface area contributed by atoms with Gasteiger partial charge in [0.25, 0.3) is 0 Å². The van der Waals surface area contributed by atoms with Gasteiger partial charge in [-0.15, -0.1) is 0 Å². The van der Waals surface area contributed by atoms with Gasteiger partial charge < -0.3 is 0 Å². The summed E-state index contributed by atoms with van der Waals surface area (Å²) in [6.07, 6.45) is 16.6. The van der Waals surface area contributed by atoms with Crippen LogP contribution in [0.3, 0.4) is 0 Å². The molecule has 0 radical (unpaired) electrons. The summed E-state index contributed by atoms with van der Waals surface area (Å²) in [5.74, 6) is 3.80. The first-order chi connectivity index (χ1) is 11.5. The number of allylic oxidation sites excluding steroid dienone is 4. The van der Waals surface area contributed by atoms with E-state index in [1.54, 1.807) is 5.57 Å². The zero-order valence-electron chi connectivity index (χ0n) is 17.1. The van der Waals surface area contributed by atoms with Crippen molar-refractivity contribution in [1.29, 1.82) is 0 Å². The van der Waals surface area contributed by atoms with Gasteiger partial charge in [-0.3, -0.25) is 0 Å². The minimum atomic E-state index is 0.541. The summed E-state index contributed by atoms with van der Waals surface area (Å²) in [5, 5.41) is 0. The third-order valence-corrected chi connectivity index (χ3v) is 8.47. The van der Waals surface area contributed by atoms with Gasteiger partial charge in [0.2, 0.25) is 0 Å². The summed E-state index contributed by atoms with van der Waals surface area (Å²) in [6.45, 7) is 14.1. The van der Waals surface area contributed by atoms with Crippen LogP contribution in [-0.4, -0.2) is 0 Å². The minimum absolute atomic E-state index is 0.541. The lowest BCUT2D eigenvalue weighted by atomic mass is 9.47. The smallest absolute Gasteiger partial charge is 0.00823 e. The average molecular weight is 329 g/mol. The molecule has 0 heteroatoms. The number of hydrogen-bond acceptors (Lipinski definition) is 0. The first kappa shape index (κ1) is 18.3. The maximum absolute atomic E-state index is 2.70. The molecule has 0 bridgehead atoms. The zero-order valence-corrected chi connectivity index (χ0v) is 17.1. The van der Waals surface area contributed by atoms with E-state index < -0.39 is 0 Å². The van der Waals surface area contributed by atoms with E-state index in [-0.39, 0.29) is 0 Å². The molecule has 0 saturated heterocycles. The predicted molar refractivity (Wildman–Crippen MR) is 106 cm³/mol. The Labute approximate surface area is 151 Å². The van der Waals surface area contributed by atoms with Crippen LogP contribution in [0.15, 0.2) is 23.3 Å². The van der Waals surface area contributed by atoms with Gasteiger partial charge >= 0.3 is 0 Å². The third kappa shape index (κ3) is 2.55. The van der Waals surface area contributed by atoms with Crippen molar-refractivity contribution in [3.63, 3.8) is 0 Å². The molecule has 4 rings (SSSR count). The highest BCUT2D eigenvalue weighted by Crippen LogP contribution is 2.65. The molecule has 0 spiro atoms. The van der Waals surface area contributed by atoms with Crippen molar-refractivity contribution in [2.75, 3.05) is 0 Å². The lowest BCUT2D eigenvalue weighted by Crippen LogP contribution is -2.49. The second kappa shape index (κ2) is 6.65. The Hall–Kier alpha value is -0.520. The molecule has 0 aromatic rings. The van der Waals surface area contributed by atoms with E-state index in [9.17, 15) is 0 Å². The van der Waals surface area contributed by atoms with Gasteiger partial charge in [-0.1, -0.05) is 64.8 Å².